The maximum absolute atomic E-state index is 2.68. The molecule has 0 spiro atoms. The summed E-state index contributed by atoms with van der Waals surface area (Å²) in [5.74, 6) is 6.71. The van der Waals surface area contributed by atoms with Crippen LogP contribution in [0, 0.1) is 40.9 Å². The lowest BCUT2D eigenvalue weighted by Crippen LogP contribution is -2.47. The van der Waals surface area contributed by atoms with Gasteiger partial charge in [0.2, 0.25) is 0 Å². The van der Waals surface area contributed by atoms with Gasteiger partial charge >= 0.3 is 0 Å². The summed E-state index contributed by atoms with van der Waals surface area (Å²) in [6.45, 7) is 5.13. The van der Waals surface area contributed by atoms with Gasteiger partial charge in [0.25, 0.3) is 0 Å². The Hall–Kier alpha value is 0. The van der Waals surface area contributed by atoms with E-state index < -0.39 is 0 Å². The van der Waals surface area contributed by atoms with E-state index in [1.807, 2.05) is 0 Å². The van der Waals surface area contributed by atoms with Crippen LogP contribution in [-0.4, -0.2) is 0 Å². The molecule has 4 fully saturated rings. The molecule has 114 valence electrons. The highest BCUT2D eigenvalue weighted by Crippen LogP contribution is 2.64. The van der Waals surface area contributed by atoms with Crippen molar-refractivity contribution in [1.29, 1.82) is 0 Å². The Morgan fingerprint density at radius 2 is 1.65 bits per heavy atom. The first-order valence-electron chi connectivity index (χ1n) is 9.74. The molecule has 0 N–H and O–H groups in total. The summed E-state index contributed by atoms with van der Waals surface area (Å²) in [4.78, 5) is 0. The predicted octanol–water partition coefficient (Wildman–Crippen LogP) is 6.06. The van der Waals surface area contributed by atoms with Gasteiger partial charge in [-0.15, -0.1) is 0 Å². The molecule has 0 amide bonds. The molecule has 20 heavy (non-hydrogen) atoms. The fraction of sp³-hybridized carbons (Fsp3) is 1.00. The van der Waals surface area contributed by atoms with Gasteiger partial charge in [0.1, 0.15) is 0 Å². The van der Waals surface area contributed by atoms with Gasteiger partial charge in [-0.3, -0.25) is 0 Å². The maximum Gasteiger partial charge on any atom is -0.0266 e. The van der Waals surface area contributed by atoms with E-state index in [1.165, 1.54) is 12.8 Å². The van der Waals surface area contributed by atoms with Gasteiger partial charge in [0.15, 0.2) is 0 Å². The zero-order valence-corrected chi connectivity index (χ0v) is 13.7. The predicted molar refractivity (Wildman–Crippen MR) is 85.5 cm³/mol. The third kappa shape index (κ3) is 1.85. The highest BCUT2D eigenvalue weighted by molar-refractivity contribution is 5.05. The van der Waals surface area contributed by atoms with E-state index >= 15 is 0 Å². The van der Waals surface area contributed by atoms with Gasteiger partial charge in [-0.05, 0) is 85.9 Å². The Kier molecular flexibility index (Phi) is 3.43. The van der Waals surface area contributed by atoms with Crippen molar-refractivity contribution >= 4 is 0 Å². The minimum absolute atomic E-state index is 0.734. The summed E-state index contributed by atoms with van der Waals surface area (Å²) in [6, 6.07) is 0. The van der Waals surface area contributed by atoms with E-state index in [2.05, 4.69) is 13.8 Å². The first kappa shape index (κ1) is 13.6. The van der Waals surface area contributed by atoms with Crippen molar-refractivity contribution in [3.05, 3.63) is 0 Å². The normalized spacial score (nSPS) is 54.9. The highest BCUT2D eigenvalue weighted by Gasteiger charge is 2.55. The molecule has 4 saturated carbocycles. The molecule has 1 unspecified atom stereocenters. The van der Waals surface area contributed by atoms with E-state index in [0.29, 0.717) is 0 Å². The zero-order chi connectivity index (χ0) is 13.7. The molecular weight excluding hydrogens is 240 g/mol. The summed E-state index contributed by atoms with van der Waals surface area (Å²) in [7, 11) is 0. The van der Waals surface area contributed by atoms with E-state index in [9.17, 15) is 0 Å². The van der Waals surface area contributed by atoms with E-state index in [0.717, 1.165) is 40.9 Å². The number of hydrogen-bond acceptors (Lipinski definition) is 0. The molecule has 0 aromatic heterocycles. The summed E-state index contributed by atoms with van der Waals surface area (Å²) in [6.07, 6.45) is 17.2. The Labute approximate surface area is 126 Å². The van der Waals surface area contributed by atoms with Crippen LogP contribution >= 0.6 is 0 Å². The SMILES string of the molecule is CC[C@H]1CC[C@H]2[C@@H]3CCC4CCCC[C@H]4[C@H]3CC[C@]12C. The average molecular weight is 274 g/mol. The minimum atomic E-state index is 0.734. The first-order valence-corrected chi connectivity index (χ1v) is 9.74. The molecule has 0 saturated heterocycles. The molecule has 0 aromatic rings. The van der Waals surface area contributed by atoms with Crippen molar-refractivity contribution in [2.45, 2.75) is 84.5 Å². The summed E-state index contributed by atoms with van der Waals surface area (Å²) in [5.41, 5.74) is 0.734. The van der Waals surface area contributed by atoms with E-state index in [1.54, 1.807) is 57.8 Å². The van der Waals surface area contributed by atoms with E-state index in [-0.39, 0.29) is 0 Å². The lowest BCUT2D eigenvalue weighted by Gasteiger charge is -2.55. The van der Waals surface area contributed by atoms with Crippen molar-refractivity contribution < 1.29 is 0 Å². The third-order valence-corrected chi connectivity index (χ3v) is 8.57. The fourth-order valence-corrected chi connectivity index (χ4v) is 7.61. The van der Waals surface area contributed by atoms with Gasteiger partial charge in [-0.2, -0.15) is 0 Å². The van der Waals surface area contributed by atoms with Crippen LogP contribution in [0.2, 0.25) is 0 Å². The average Bonchev–Trinajstić information content (AvgIpc) is 2.83. The first-order chi connectivity index (χ1) is 9.74. The Balaban J connectivity index is 1.57. The van der Waals surface area contributed by atoms with Crippen LogP contribution in [0.25, 0.3) is 0 Å². The van der Waals surface area contributed by atoms with Crippen molar-refractivity contribution in [3.63, 3.8) is 0 Å². The van der Waals surface area contributed by atoms with Gasteiger partial charge < -0.3 is 0 Å². The number of fused-ring (bicyclic) bond motifs is 5. The molecule has 4 rings (SSSR count). The topological polar surface area (TPSA) is 0 Å². The van der Waals surface area contributed by atoms with Gasteiger partial charge in [-0.1, -0.05) is 39.5 Å². The third-order valence-electron chi connectivity index (χ3n) is 8.57. The second-order valence-electron chi connectivity index (χ2n) is 8.95. The Morgan fingerprint density at radius 1 is 0.800 bits per heavy atom. The van der Waals surface area contributed by atoms with Crippen LogP contribution in [0.3, 0.4) is 0 Å². The Morgan fingerprint density at radius 3 is 2.50 bits per heavy atom. The smallest absolute Gasteiger partial charge is 0.0266 e. The minimum Gasteiger partial charge on any atom is -0.0651 e. The molecular formula is C20H34. The molecule has 4 aliphatic rings. The van der Waals surface area contributed by atoms with Crippen molar-refractivity contribution in [1.82, 2.24) is 0 Å². The largest absolute Gasteiger partial charge is 0.0651 e. The number of rotatable bonds is 1. The maximum atomic E-state index is 2.68. The lowest BCUT2D eigenvalue weighted by atomic mass is 9.49. The molecule has 0 nitrogen and oxygen atoms in total. The van der Waals surface area contributed by atoms with Crippen LogP contribution in [0.1, 0.15) is 84.5 Å². The molecule has 0 aromatic carbocycles. The second-order valence-corrected chi connectivity index (χ2v) is 8.95. The zero-order valence-electron chi connectivity index (χ0n) is 13.7. The van der Waals surface area contributed by atoms with Crippen LogP contribution < -0.4 is 0 Å². The number of hydrogen-bond donors (Lipinski definition) is 0. The van der Waals surface area contributed by atoms with Crippen LogP contribution in [0.15, 0.2) is 0 Å². The van der Waals surface area contributed by atoms with Crippen LogP contribution in [0.5, 0.6) is 0 Å². The highest BCUT2D eigenvalue weighted by atomic mass is 14.6. The molecule has 0 aliphatic heterocycles. The monoisotopic (exact) mass is 274 g/mol. The van der Waals surface area contributed by atoms with Crippen molar-refractivity contribution in [2.24, 2.45) is 40.9 Å². The van der Waals surface area contributed by atoms with Gasteiger partial charge in [-0.25, -0.2) is 0 Å². The summed E-state index contributed by atoms with van der Waals surface area (Å²) < 4.78 is 0. The van der Waals surface area contributed by atoms with Gasteiger partial charge in [0, 0.05) is 0 Å². The molecule has 0 radical (unpaired) electrons. The fourth-order valence-electron chi connectivity index (χ4n) is 7.61. The lowest BCUT2D eigenvalue weighted by molar-refractivity contribution is -0.0623. The molecule has 7 atom stereocenters. The second kappa shape index (κ2) is 5.03. The summed E-state index contributed by atoms with van der Waals surface area (Å²) >= 11 is 0. The van der Waals surface area contributed by atoms with Crippen molar-refractivity contribution in [3.8, 4) is 0 Å². The quantitative estimate of drug-likeness (QED) is 0.545. The standard InChI is InChI=1S/C20H34/c1-3-15-9-11-19-18-10-8-14-6-4-5-7-16(14)17(18)12-13-20(15,19)2/h14-19H,3-13H2,1-2H3/t14?,15-,16+,17+,18+,19-,20+/m0/s1. The van der Waals surface area contributed by atoms with E-state index in [4.69, 9.17) is 0 Å². The molecule has 0 bridgehead atoms. The molecule has 4 aliphatic carbocycles. The molecule has 0 heterocycles. The Bertz CT molecular complexity index is 359. The van der Waals surface area contributed by atoms with Crippen molar-refractivity contribution in [2.75, 3.05) is 0 Å². The molecule has 0 heteroatoms. The summed E-state index contributed by atoms with van der Waals surface area (Å²) in [5, 5.41) is 0. The van der Waals surface area contributed by atoms with Crippen LogP contribution in [0.4, 0.5) is 0 Å². The van der Waals surface area contributed by atoms with Crippen LogP contribution in [-0.2, 0) is 0 Å². The van der Waals surface area contributed by atoms with Gasteiger partial charge in [0.05, 0.1) is 0 Å².